The number of fused-ring (bicyclic) bond motifs is 1. The molecule has 3 aromatic rings. The van der Waals surface area contributed by atoms with E-state index < -0.39 is 5.97 Å². The number of ether oxygens (including phenoxy) is 2. The molecular formula is C21H23ClN4O4. The van der Waals surface area contributed by atoms with Crippen LogP contribution in [0.25, 0.3) is 16.9 Å². The molecule has 0 amide bonds. The second kappa shape index (κ2) is 8.12. The number of nitrogens with zero attached hydrogens (tertiary/aromatic N) is 4. The molecule has 1 aliphatic rings. The number of carbonyl (C=O) groups excluding carboxylic acids is 1. The van der Waals surface area contributed by atoms with E-state index in [0.29, 0.717) is 37.0 Å². The molecule has 1 aliphatic heterocycles. The topological polar surface area (TPSA) is 80.3 Å². The van der Waals surface area contributed by atoms with Gasteiger partial charge in [0.05, 0.1) is 37.9 Å². The second-order valence-corrected chi connectivity index (χ2v) is 7.92. The van der Waals surface area contributed by atoms with Crippen LogP contribution >= 0.6 is 11.6 Å². The van der Waals surface area contributed by atoms with Crippen LogP contribution in [-0.2, 0) is 22.6 Å². The third-order valence-corrected chi connectivity index (χ3v) is 5.22. The molecule has 3 heterocycles. The van der Waals surface area contributed by atoms with E-state index in [0.717, 1.165) is 11.3 Å². The van der Waals surface area contributed by atoms with Crippen molar-refractivity contribution in [3.63, 3.8) is 0 Å². The first kappa shape index (κ1) is 20.4. The van der Waals surface area contributed by atoms with Gasteiger partial charge in [0.15, 0.2) is 5.69 Å². The molecule has 30 heavy (non-hydrogen) atoms. The zero-order valence-electron chi connectivity index (χ0n) is 17.1. The third kappa shape index (κ3) is 3.68. The van der Waals surface area contributed by atoms with Crippen molar-refractivity contribution >= 4 is 17.6 Å². The van der Waals surface area contributed by atoms with E-state index in [1.54, 1.807) is 40.0 Å². The molecule has 2 aromatic heterocycles. The first-order chi connectivity index (χ1) is 14.4. The number of carbonyl (C=O) groups is 1. The van der Waals surface area contributed by atoms with Crippen molar-refractivity contribution in [2.45, 2.75) is 33.9 Å². The fourth-order valence-corrected chi connectivity index (χ4v) is 3.49. The van der Waals surface area contributed by atoms with Crippen LogP contribution in [0.1, 0.15) is 19.5 Å². The lowest BCUT2D eigenvalue weighted by Gasteiger charge is -2.12. The Morgan fingerprint density at radius 3 is 2.50 bits per heavy atom. The highest BCUT2D eigenvalue weighted by atomic mass is 35.5. The minimum absolute atomic E-state index is 0.193. The molecule has 0 radical (unpaired) electrons. The first-order valence-corrected chi connectivity index (χ1v) is 10.2. The summed E-state index contributed by atoms with van der Waals surface area (Å²) in [7, 11) is 0. The Labute approximate surface area is 178 Å². The van der Waals surface area contributed by atoms with Gasteiger partial charge in [-0.1, -0.05) is 37.6 Å². The van der Waals surface area contributed by atoms with Crippen molar-refractivity contribution in [3.8, 4) is 22.8 Å². The molecule has 0 unspecified atom stereocenters. The summed E-state index contributed by atoms with van der Waals surface area (Å²) in [5.74, 6) is -0.558. The average molecular weight is 431 g/mol. The van der Waals surface area contributed by atoms with E-state index in [-0.39, 0.29) is 23.0 Å². The highest BCUT2D eigenvalue weighted by molar-refractivity contribution is 6.30. The summed E-state index contributed by atoms with van der Waals surface area (Å²) in [5, 5.41) is 5.28. The molecule has 0 N–H and O–H groups in total. The second-order valence-electron chi connectivity index (χ2n) is 7.48. The number of benzene rings is 1. The van der Waals surface area contributed by atoms with E-state index in [4.69, 9.17) is 21.1 Å². The van der Waals surface area contributed by atoms with Crippen molar-refractivity contribution < 1.29 is 14.3 Å². The fraction of sp³-hybridized carbons (Fsp3) is 0.381. The number of esters is 1. The monoisotopic (exact) mass is 430 g/mol. The third-order valence-electron chi connectivity index (χ3n) is 4.97. The zero-order valence-corrected chi connectivity index (χ0v) is 17.8. The number of halogens is 1. The standard InChI is InChI=1S/C21H23ClN4O4/c1-13(2)21(28)30-20-18(19(27)24-8-10-29-11-9-25(20)24)26-14(3)12-17(23-26)15-4-6-16(22)7-5-15/h4-7,12-13H,8-11H2,1-3H3. The van der Waals surface area contributed by atoms with Crippen LogP contribution in [0.2, 0.25) is 5.02 Å². The van der Waals surface area contributed by atoms with Crippen LogP contribution in [0.4, 0.5) is 0 Å². The molecule has 1 aromatic carbocycles. The van der Waals surface area contributed by atoms with Crippen LogP contribution in [0, 0.1) is 12.8 Å². The summed E-state index contributed by atoms with van der Waals surface area (Å²) >= 11 is 5.99. The molecule has 0 bridgehead atoms. The van der Waals surface area contributed by atoms with E-state index in [2.05, 4.69) is 5.10 Å². The van der Waals surface area contributed by atoms with Crippen molar-refractivity contribution in [3.05, 3.63) is 51.4 Å². The van der Waals surface area contributed by atoms with Gasteiger partial charge >= 0.3 is 5.97 Å². The lowest BCUT2D eigenvalue weighted by Crippen LogP contribution is -2.25. The molecule has 0 saturated carbocycles. The summed E-state index contributed by atoms with van der Waals surface area (Å²) in [6.45, 7) is 6.97. The Morgan fingerprint density at radius 2 is 1.83 bits per heavy atom. The van der Waals surface area contributed by atoms with Gasteiger partial charge < -0.3 is 9.47 Å². The Kier molecular flexibility index (Phi) is 5.53. The molecule has 0 aliphatic carbocycles. The van der Waals surface area contributed by atoms with Gasteiger partial charge in [-0.3, -0.25) is 9.59 Å². The van der Waals surface area contributed by atoms with Gasteiger partial charge in [0, 0.05) is 16.3 Å². The van der Waals surface area contributed by atoms with Gasteiger partial charge in [0.2, 0.25) is 5.88 Å². The molecule has 9 heteroatoms. The molecule has 4 rings (SSSR count). The van der Waals surface area contributed by atoms with Crippen LogP contribution in [0.3, 0.4) is 0 Å². The van der Waals surface area contributed by atoms with Gasteiger partial charge in [-0.25, -0.2) is 14.0 Å². The van der Waals surface area contributed by atoms with Crippen LogP contribution in [0.15, 0.2) is 35.1 Å². The maximum absolute atomic E-state index is 13.3. The SMILES string of the molecule is Cc1cc(-c2ccc(Cl)cc2)nn1-c1c(OC(=O)C(C)C)n2n(c1=O)CCOCC2. The summed E-state index contributed by atoms with van der Waals surface area (Å²) < 4.78 is 15.9. The highest BCUT2D eigenvalue weighted by Gasteiger charge is 2.28. The lowest BCUT2D eigenvalue weighted by molar-refractivity contribution is -0.138. The molecule has 0 spiro atoms. The smallest absolute Gasteiger partial charge is 0.315 e. The zero-order chi connectivity index (χ0) is 21.4. The summed E-state index contributed by atoms with van der Waals surface area (Å²) in [6, 6.07) is 9.20. The lowest BCUT2D eigenvalue weighted by atomic mass is 10.1. The molecular weight excluding hydrogens is 408 g/mol. The van der Waals surface area contributed by atoms with Crippen molar-refractivity contribution in [2.75, 3.05) is 13.2 Å². The predicted molar refractivity (Wildman–Crippen MR) is 112 cm³/mol. The van der Waals surface area contributed by atoms with Gasteiger partial charge in [-0.2, -0.15) is 5.10 Å². The van der Waals surface area contributed by atoms with Crippen molar-refractivity contribution in [2.24, 2.45) is 5.92 Å². The maximum Gasteiger partial charge on any atom is 0.315 e. The molecule has 158 valence electrons. The normalized spacial score (nSPS) is 13.9. The first-order valence-electron chi connectivity index (χ1n) is 9.83. The Balaban J connectivity index is 1.87. The number of rotatable bonds is 4. The van der Waals surface area contributed by atoms with Crippen LogP contribution in [0.5, 0.6) is 5.88 Å². The Hall–Kier alpha value is -2.84. The highest BCUT2D eigenvalue weighted by Crippen LogP contribution is 2.27. The van der Waals surface area contributed by atoms with Crippen molar-refractivity contribution in [1.82, 2.24) is 19.1 Å². The van der Waals surface area contributed by atoms with Crippen LogP contribution < -0.4 is 10.3 Å². The largest absolute Gasteiger partial charge is 0.405 e. The summed E-state index contributed by atoms with van der Waals surface area (Å²) in [4.78, 5) is 25.7. The number of hydrogen-bond acceptors (Lipinski definition) is 5. The van der Waals surface area contributed by atoms with E-state index in [9.17, 15) is 9.59 Å². The maximum atomic E-state index is 13.3. The van der Waals surface area contributed by atoms with E-state index >= 15 is 0 Å². The van der Waals surface area contributed by atoms with Crippen LogP contribution in [-0.4, -0.2) is 38.3 Å². The fourth-order valence-electron chi connectivity index (χ4n) is 3.36. The molecule has 0 atom stereocenters. The van der Waals surface area contributed by atoms with Gasteiger partial charge in [-0.15, -0.1) is 0 Å². The Bertz CT molecular complexity index is 1140. The number of hydrogen-bond donors (Lipinski definition) is 0. The average Bonchev–Trinajstić information content (AvgIpc) is 3.07. The van der Waals surface area contributed by atoms with Gasteiger partial charge in [0.25, 0.3) is 5.56 Å². The minimum Gasteiger partial charge on any atom is -0.405 e. The minimum atomic E-state index is -0.412. The summed E-state index contributed by atoms with van der Waals surface area (Å²) in [6.07, 6.45) is 0. The number of aryl methyl sites for hydroxylation is 1. The molecule has 0 saturated heterocycles. The molecule has 8 nitrogen and oxygen atoms in total. The Morgan fingerprint density at radius 1 is 1.17 bits per heavy atom. The van der Waals surface area contributed by atoms with E-state index in [1.807, 2.05) is 25.1 Å². The quantitative estimate of drug-likeness (QED) is 0.594. The number of aromatic nitrogens is 4. The molecule has 0 fully saturated rings. The predicted octanol–water partition coefficient (Wildman–Crippen LogP) is 3.06. The van der Waals surface area contributed by atoms with Gasteiger partial charge in [0.1, 0.15) is 0 Å². The van der Waals surface area contributed by atoms with Crippen molar-refractivity contribution in [1.29, 1.82) is 0 Å². The van der Waals surface area contributed by atoms with Gasteiger partial charge in [-0.05, 0) is 25.1 Å². The summed E-state index contributed by atoms with van der Waals surface area (Å²) in [5.41, 5.74) is 2.26. The van der Waals surface area contributed by atoms with E-state index in [1.165, 1.54) is 0 Å².